The van der Waals surface area contributed by atoms with Gasteiger partial charge >= 0.3 is 0 Å². The van der Waals surface area contributed by atoms with E-state index in [2.05, 4.69) is 26.3 Å². The van der Waals surface area contributed by atoms with Gasteiger partial charge in [-0.1, -0.05) is 24.6 Å². The molecule has 9 heteroatoms. The summed E-state index contributed by atoms with van der Waals surface area (Å²) in [7, 11) is 0. The van der Waals surface area contributed by atoms with Crippen LogP contribution in [0.25, 0.3) is 10.4 Å². The number of ether oxygens (including phenoxy) is 2. The number of carbonyl (C=O) groups is 1. The van der Waals surface area contributed by atoms with Crippen LogP contribution < -0.4 is 14.8 Å². The summed E-state index contributed by atoms with van der Waals surface area (Å²) in [6.45, 7) is 1.75. The number of benzene rings is 1. The molecule has 3 heterocycles. The number of thioether (sulfide) groups is 1. The topological polar surface area (TPSA) is 78.3 Å². The minimum absolute atomic E-state index is 0.0362. The summed E-state index contributed by atoms with van der Waals surface area (Å²) >= 11 is 3.15. The van der Waals surface area contributed by atoms with E-state index in [1.807, 2.05) is 30.3 Å². The van der Waals surface area contributed by atoms with Crippen LogP contribution in [0.2, 0.25) is 0 Å². The molecule has 0 saturated heterocycles. The first-order valence-electron chi connectivity index (χ1n) is 11.5. The molecule has 1 N–H and O–H groups in total. The van der Waals surface area contributed by atoms with Crippen LogP contribution in [0.15, 0.2) is 35.5 Å². The zero-order valence-corrected chi connectivity index (χ0v) is 20.3. The van der Waals surface area contributed by atoms with Gasteiger partial charge in [0.1, 0.15) is 19.0 Å². The highest BCUT2D eigenvalue weighted by molar-refractivity contribution is 7.98. The molecule has 1 fully saturated rings. The second kappa shape index (κ2) is 10.2. The lowest BCUT2D eigenvalue weighted by Crippen LogP contribution is -2.24. The fourth-order valence-corrected chi connectivity index (χ4v) is 5.99. The zero-order chi connectivity index (χ0) is 22.6. The molecule has 174 valence electrons. The molecule has 3 aromatic rings. The summed E-state index contributed by atoms with van der Waals surface area (Å²) in [4.78, 5) is 14.4. The molecule has 2 aliphatic rings. The van der Waals surface area contributed by atoms with Gasteiger partial charge in [0.25, 0.3) is 5.91 Å². The van der Waals surface area contributed by atoms with Crippen molar-refractivity contribution in [2.45, 2.75) is 49.7 Å². The molecule has 2 aromatic heterocycles. The molecule has 1 amide bonds. The van der Waals surface area contributed by atoms with Gasteiger partial charge in [0.15, 0.2) is 16.7 Å². The van der Waals surface area contributed by atoms with Crippen LogP contribution in [0.5, 0.6) is 11.5 Å². The Morgan fingerprint density at radius 2 is 1.97 bits per heavy atom. The molecule has 33 heavy (non-hydrogen) atoms. The summed E-state index contributed by atoms with van der Waals surface area (Å²) < 4.78 is 13.6. The van der Waals surface area contributed by atoms with Crippen molar-refractivity contribution in [2.24, 2.45) is 0 Å². The van der Waals surface area contributed by atoms with Crippen LogP contribution in [0.4, 0.5) is 0 Å². The number of carbonyl (C=O) groups excluding carboxylic acids is 1. The number of hydrogen-bond acceptors (Lipinski definition) is 7. The van der Waals surface area contributed by atoms with Gasteiger partial charge in [-0.25, -0.2) is 0 Å². The largest absolute Gasteiger partial charge is 0.486 e. The predicted molar refractivity (Wildman–Crippen MR) is 131 cm³/mol. The average molecular weight is 485 g/mol. The standard InChI is InChI=1S/C24H28N4O3S2/c1-32-24-27-26-22(28(24)17-5-2-3-6-17)7-4-12-25-23(29)21-11-10-20(33-21)16-8-9-18-19(15-16)31-14-13-30-18/h8-11,15,17H,2-7,12-14H2,1H3,(H,25,29). The second-order valence-electron chi connectivity index (χ2n) is 8.29. The second-order valence-corrected chi connectivity index (χ2v) is 10.2. The van der Waals surface area contributed by atoms with Crippen molar-refractivity contribution in [3.05, 3.63) is 41.0 Å². The van der Waals surface area contributed by atoms with Crippen LogP contribution in [0.1, 0.15) is 53.6 Å². The minimum atomic E-state index is -0.0362. The lowest BCUT2D eigenvalue weighted by molar-refractivity contribution is 0.0957. The van der Waals surface area contributed by atoms with E-state index in [0.29, 0.717) is 30.7 Å². The number of thiophene rings is 1. The minimum Gasteiger partial charge on any atom is -0.486 e. The number of fused-ring (bicyclic) bond motifs is 1. The Balaban J connectivity index is 1.16. The van der Waals surface area contributed by atoms with E-state index in [9.17, 15) is 4.79 Å². The normalized spacial score (nSPS) is 15.7. The fourth-order valence-electron chi connectivity index (χ4n) is 4.49. The van der Waals surface area contributed by atoms with E-state index in [-0.39, 0.29) is 5.91 Å². The molecule has 0 bridgehead atoms. The van der Waals surface area contributed by atoms with Crippen molar-refractivity contribution in [1.82, 2.24) is 20.1 Å². The van der Waals surface area contributed by atoms with E-state index in [4.69, 9.17) is 9.47 Å². The van der Waals surface area contributed by atoms with Crippen molar-refractivity contribution < 1.29 is 14.3 Å². The number of aromatic nitrogens is 3. The van der Waals surface area contributed by atoms with E-state index in [1.165, 1.54) is 37.0 Å². The lowest BCUT2D eigenvalue weighted by atomic mass is 10.1. The molecule has 1 aliphatic heterocycles. The molecule has 7 nitrogen and oxygen atoms in total. The maximum Gasteiger partial charge on any atom is 0.261 e. The molecule has 0 radical (unpaired) electrons. The van der Waals surface area contributed by atoms with Gasteiger partial charge in [0.05, 0.1) is 4.88 Å². The van der Waals surface area contributed by atoms with Crippen LogP contribution >= 0.6 is 23.1 Å². The van der Waals surface area contributed by atoms with Crippen LogP contribution in [-0.4, -0.2) is 46.7 Å². The number of nitrogens with zero attached hydrogens (tertiary/aromatic N) is 3. The van der Waals surface area contributed by atoms with Gasteiger partial charge in [0, 0.05) is 23.9 Å². The molecular formula is C24H28N4O3S2. The summed E-state index contributed by atoms with van der Waals surface area (Å²) in [5.74, 6) is 2.53. The van der Waals surface area contributed by atoms with Crippen molar-refractivity contribution in [3.8, 4) is 21.9 Å². The highest BCUT2D eigenvalue weighted by Gasteiger charge is 2.23. The fraction of sp³-hybridized carbons (Fsp3) is 0.458. The first-order valence-corrected chi connectivity index (χ1v) is 13.5. The van der Waals surface area contributed by atoms with Gasteiger partial charge in [-0.3, -0.25) is 4.79 Å². The van der Waals surface area contributed by atoms with Gasteiger partial charge in [-0.15, -0.1) is 21.5 Å². The van der Waals surface area contributed by atoms with E-state index >= 15 is 0 Å². The smallest absolute Gasteiger partial charge is 0.261 e. The van der Waals surface area contributed by atoms with Crippen LogP contribution in [0.3, 0.4) is 0 Å². The molecule has 1 saturated carbocycles. The van der Waals surface area contributed by atoms with Gasteiger partial charge in [0.2, 0.25) is 0 Å². The van der Waals surface area contributed by atoms with E-state index < -0.39 is 0 Å². The van der Waals surface area contributed by atoms with E-state index in [0.717, 1.165) is 45.8 Å². The van der Waals surface area contributed by atoms with Gasteiger partial charge in [-0.05, 0) is 61.4 Å². The Morgan fingerprint density at radius 1 is 1.15 bits per heavy atom. The zero-order valence-electron chi connectivity index (χ0n) is 18.7. The first kappa shape index (κ1) is 22.3. The average Bonchev–Trinajstić information content (AvgIpc) is 3.61. The molecule has 0 spiro atoms. The summed E-state index contributed by atoms with van der Waals surface area (Å²) in [6.07, 6.45) is 8.68. The molecule has 1 aliphatic carbocycles. The van der Waals surface area contributed by atoms with Crippen molar-refractivity contribution in [2.75, 3.05) is 26.0 Å². The first-order chi connectivity index (χ1) is 16.2. The van der Waals surface area contributed by atoms with Crippen molar-refractivity contribution >= 4 is 29.0 Å². The lowest BCUT2D eigenvalue weighted by Gasteiger charge is -2.18. The number of hydrogen-bond donors (Lipinski definition) is 1. The predicted octanol–water partition coefficient (Wildman–Crippen LogP) is 4.98. The third-order valence-electron chi connectivity index (χ3n) is 6.13. The van der Waals surface area contributed by atoms with Crippen molar-refractivity contribution in [3.63, 3.8) is 0 Å². The van der Waals surface area contributed by atoms with Crippen molar-refractivity contribution in [1.29, 1.82) is 0 Å². The van der Waals surface area contributed by atoms with Gasteiger partial charge in [-0.2, -0.15) is 0 Å². The summed E-state index contributed by atoms with van der Waals surface area (Å²) in [5, 5.41) is 12.9. The van der Waals surface area contributed by atoms with Crippen LogP contribution in [0, 0.1) is 0 Å². The number of amides is 1. The maximum atomic E-state index is 12.7. The summed E-state index contributed by atoms with van der Waals surface area (Å²) in [6, 6.07) is 10.3. The molecule has 5 rings (SSSR count). The highest BCUT2D eigenvalue weighted by Crippen LogP contribution is 2.37. The molecule has 0 atom stereocenters. The number of nitrogens with one attached hydrogen (secondary N) is 1. The van der Waals surface area contributed by atoms with Crippen LogP contribution in [-0.2, 0) is 6.42 Å². The van der Waals surface area contributed by atoms with Gasteiger partial charge < -0.3 is 19.4 Å². The summed E-state index contributed by atoms with van der Waals surface area (Å²) in [5.41, 5.74) is 1.03. The Kier molecular flexibility index (Phi) is 6.87. The maximum absolute atomic E-state index is 12.7. The Bertz CT molecular complexity index is 1120. The quantitative estimate of drug-likeness (QED) is 0.359. The Hall–Kier alpha value is -2.52. The molecular weight excluding hydrogens is 456 g/mol. The third-order valence-corrected chi connectivity index (χ3v) is 7.90. The third kappa shape index (κ3) is 4.89. The Labute approximate surface area is 201 Å². The SMILES string of the molecule is CSc1nnc(CCCNC(=O)c2ccc(-c3ccc4c(c3)OCCO4)s2)n1C1CCCC1. The number of rotatable bonds is 8. The monoisotopic (exact) mass is 484 g/mol. The highest BCUT2D eigenvalue weighted by atomic mass is 32.2. The number of aryl methyl sites for hydroxylation is 1. The molecule has 0 unspecified atom stereocenters. The van der Waals surface area contributed by atoms with E-state index in [1.54, 1.807) is 11.8 Å². The molecule has 1 aromatic carbocycles. The Morgan fingerprint density at radius 3 is 2.79 bits per heavy atom.